The summed E-state index contributed by atoms with van der Waals surface area (Å²) in [6.45, 7) is 15.1. The number of hydrogen-bond donors (Lipinski definition) is 1. The number of benzene rings is 2. The summed E-state index contributed by atoms with van der Waals surface area (Å²) in [4.78, 5) is 0. The van der Waals surface area contributed by atoms with Gasteiger partial charge in [-0.05, 0) is 57.7 Å². The molecule has 2 rings (SSSR count). The lowest BCUT2D eigenvalue weighted by molar-refractivity contribution is 0.415. The fraction of sp³-hybridized carbons (Fsp3) is 0.455. The average Bonchev–Trinajstić information content (AvgIpc) is 2.47. The molecule has 2 aromatic rings. The van der Waals surface area contributed by atoms with Crippen molar-refractivity contribution < 1.29 is 9.84 Å². The number of rotatable bonds is 2. The first-order chi connectivity index (χ1) is 11.0. The average molecular weight is 326 g/mol. The van der Waals surface area contributed by atoms with Crippen LogP contribution in [0.15, 0.2) is 30.3 Å². The highest BCUT2D eigenvalue weighted by Crippen LogP contribution is 2.44. The predicted octanol–water partition coefficient (Wildman–Crippen LogP) is 5.97. The molecule has 1 N–H and O–H groups in total. The van der Waals surface area contributed by atoms with Gasteiger partial charge in [0.05, 0.1) is 7.11 Å². The van der Waals surface area contributed by atoms with E-state index in [4.69, 9.17) is 4.74 Å². The fourth-order valence-electron chi connectivity index (χ4n) is 3.10. The molecule has 24 heavy (non-hydrogen) atoms. The highest BCUT2D eigenvalue weighted by molar-refractivity contribution is 5.76. The van der Waals surface area contributed by atoms with Gasteiger partial charge >= 0.3 is 0 Å². The standard InChI is InChI=1S/C22H30O2/c1-14-19(15-9-11-16(24-8)12-10-15)17(21(2,3)4)13-18(20(14)23)22(5,6)7/h9-13,23H,1-8H3. The van der Waals surface area contributed by atoms with Gasteiger partial charge in [-0.25, -0.2) is 0 Å². The number of phenolic OH excluding ortho intramolecular Hbond substituents is 1. The summed E-state index contributed by atoms with van der Waals surface area (Å²) in [5.41, 5.74) is 5.30. The quantitative estimate of drug-likeness (QED) is 0.736. The molecule has 0 amide bonds. The Hall–Kier alpha value is -1.96. The van der Waals surface area contributed by atoms with Gasteiger partial charge in [-0.15, -0.1) is 0 Å². The van der Waals surface area contributed by atoms with Crippen molar-refractivity contribution in [2.75, 3.05) is 7.11 Å². The molecule has 0 spiro atoms. The second-order valence-electron chi connectivity index (χ2n) is 8.55. The third kappa shape index (κ3) is 3.43. The summed E-state index contributed by atoms with van der Waals surface area (Å²) in [5, 5.41) is 10.8. The van der Waals surface area contributed by atoms with Crippen LogP contribution in [-0.4, -0.2) is 12.2 Å². The lowest BCUT2D eigenvalue weighted by Gasteiger charge is -2.30. The van der Waals surface area contributed by atoms with Crippen LogP contribution < -0.4 is 4.74 Å². The zero-order chi connectivity index (χ0) is 18.3. The normalized spacial score (nSPS) is 12.3. The van der Waals surface area contributed by atoms with Crippen molar-refractivity contribution in [2.45, 2.75) is 59.3 Å². The molecule has 0 heterocycles. The Morgan fingerprint density at radius 1 is 0.833 bits per heavy atom. The van der Waals surface area contributed by atoms with E-state index in [1.807, 2.05) is 19.1 Å². The smallest absolute Gasteiger partial charge is 0.122 e. The van der Waals surface area contributed by atoms with Crippen LogP contribution in [0, 0.1) is 6.92 Å². The van der Waals surface area contributed by atoms with E-state index in [1.165, 1.54) is 5.56 Å². The minimum atomic E-state index is -0.104. The van der Waals surface area contributed by atoms with Crippen molar-refractivity contribution in [3.8, 4) is 22.6 Å². The first kappa shape index (κ1) is 18.4. The van der Waals surface area contributed by atoms with Gasteiger partial charge in [0.25, 0.3) is 0 Å². The van der Waals surface area contributed by atoms with Crippen LogP contribution >= 0.6 is 0 Å². The molecule has 2 aromatic carbocycles. The van der Waals surface area contributed by atoms with Gasteiger partial charge in [-0.3, -0.25) is 0 Å². The topological polar surface area (TPSA) is 29.5 Å². The first-order valence-electron chi connectivity index (χ1n) is 8.48. The maximum atomic E-state index is 10.8. The minimum Gasteiger partial charge on any atom is -0.507 e. The first-order valence-corrected chi connectivity index (χ1v) is 8.48. The third-order valence-corrected chi connectivity index (χ3v) is 4.54. The SMILES string of the molecule is COc1ccc(-c2c(C(C)(C)C)cc(C(C)(C)C)c(O)c2C)cc1. The zero-order valence-electron chi connectivity index (χ0n) is 16.2. The van der Waals surface area contributed by atoms with Gasteiger partial charge in [0.15, 0.2) is 0 Å². The maximum Gasteiger partial charge on any atom is 0.122 e. The predicted molar refractivity (Wildman–Crippen MR) is 102 cm³/mol. The summed E-state index contributed by atoms with van der Waals surface area (Å²) in [7, 11) is 1.67. The molecule has 0 saturated carbocycles. The molecule has 2 heteroatoms. The molecule has 0 atom stereocenters. The van der Waals surface area contributed by atoms with Crippen molar-refractivity contribution >= 4 is 0 Å². The number of hydrogen-bond acceptors (Lipinski definition) is 2. The van der Waals surface area contributed by atoms with E-state index >= 15 is 0 Å². The fourth-order valence-corrected chi connectivity index (χ4v) is 3.10. The van der Waals surface area contributed by atoms with Crippen LogP contribution in [0.2, 0.25) is 0 Å². The van der Waals surface area contributed by atoms with Crippen LogP contribution in [0.1, 0.15) is 58.2 Å². The van der Waals surface area contributed by atoms with E-state index in [2.05, 4.69) is 59.7 Å². The van der Waals surface area contributed by atoms with E-state index in [-0.39, 0.29) is 10.8 Å². The molecular weight excluding hydrogens is 296 g/mol. The molecule has 130 valence electrons. The number of methoxy groups -OCH3 is 1. The molecule has 0 bridgehead atoms. The number of phenols is 1. The molecule has 0 aliphatic rings. The summed E-state index contributed by atoms with van der Waals surface area (Å²) in [5.74, 6) is 1.24. The second-order valence-corrected chi connectivity index (χ2v) is 8.55. The molecule has 0 aliphatic carbocycles. The number of ether oxygens (including phenoxy) is 1. The van der Waals surface area contributed by atoms with Crippen LogP contribution in [0.5, 0.6) is 11.5 Å². The summed E-state index contributed by atoms with van der Waals surface area (Å²) in [6, 6.07) is 10.2. The Bertz CT molecular complexity index is 727. The van der Waals surface area contributed by atoms with E-state index in [0.717, 1.165) is 28.0 Å². The van der Waals surface area contributed by atoms with Crippen LogP contribution in [0.25, 0.3) is 11.1 Å². The van der Waals surface area contributed by atoms with E-state index < -0.39 is 0 Å². The Labute approximate surface area is 146 Å². The third-order valence-electron chi connectivity index (χ3n) is 4.54. The Balaban J connectivity index is 2.81. The summed E-state index contributed by atoms with van der Waals surface area (Å²) in [6.07, 6.45) is 0. The van der Waals surface area contributed by atoms with Crippen molar-refractivity contribution in [3.05, 3.63) is 47.0 Å². The molecular formula is C22H30O2. The van der Waals surface area contributed by atoms with Crippen LogP contribution in [0.4, 0.5) is 0 Å². The van der Waals surface area contributed by atoms with E-state index in [1.54, 1.807) is 7.11 Å². The van der Waals surface area contributed by atoms with E-state index in [0.29, 0.717) is 5.75 Å². The van der Waals surface area contributed by atoms with Gasteiger partial charge < -0.3 is 9.84 Å². The maximum absolute atomic E-state index is 10.8. The molecule has 0 fully saturated rings. The van der Waals surface area contributed by atoms with Gasteiger partial charge in [-0.1, -0.05) is 59.7 Å². The number of aromatic hydroxyl groups is 1. The summed E-state index contributed by atoms with van der Waals surface area (Å²) >= 11 is 0. The zero-order valence-corrected chi connectivity index (χ0v) is 16.2. The van der Waals surface area contributed by atoms with Crippen LogP contribution in [-0.2, 0) is 10.8 Å². The molecule has 0 radical (unpaired) electrons. The Kier molecular flexibility index (Phi) is 4.72. The second kappa shape index (κ2) is 6.16. The molecule has 0 unspecified atom stereocenters. The molecule has 0 aliphatic heterocycles. The monoisotopic (exact) mass is 326 g/mol. The Morgan fingerprint density at radius 3 is 1.75 bits per heavy atom. The van der Waals surface area contributed by atoms with Gasteiger partial charge in [0.2, 0.25) is 0 Å². The van der Waals surface area contributed by atoms with Crippen LogP contribution in [0.3, 0.4) is 0 Å². The highest BCUT2D eigenvalue weighted by atomic mass is 16.5. The minimum absolute atomic E-state index is 0.0201. The van der Waals surface area contributed by atoms with Crippen molar-refractivity contribution in [1.82, 2.24) is 0 Å². The lowest BCUT2D eigenvalue weighted by atomic mass is 9.75. The Morgan fingerprint density at radius 2 is 1.33 bits per heavy atom. The highest BCUT2D eigenvalue weighted by Gasteiger charge is 2.28. The largest absolute Gasteiger partial charge is 0.507 e. The van der Waals surface area contributed by atoms with Gasteiger partial charge in [-0.2, -0.15) is 0 Å². The summed E-state index contributed by atoms with van der Waals surface area (Å²) < 4.78 is 5.27. The molecule has 2 nitrogen and oxygen atoms in total. The van der Waals surface area contributed by atoms with Crippen molar-refractivity contribution in [1.29, 1.82) is 0 Å². The molecule has 0 saturated heterocycles. The van der Waals surface area contributed by atoms with E-state index in [9.17, 15) is 5.11 Å². The van der Waals surface area contributed by atoms with Gasteiger partial charge in [0.1, 0.15) is 11.5 Å². The van der Waals surface area contributed by atoms with Gasteiger partial charge in [0, 0.05) is 0 Å². The lowest BCUT2D eigenvalue weighted by Crippen LogP contribution is -2.18. The van der Waals surface area contributed by atoms with Crippen molar-refractivity contribution in [2.24, 2.45) is 0 Å². The molecule has 0 aromatic heterocycles. The van der Waals surface area contributed by atoms with Crippen molar-refractivity contribution in [3.63, 3.8) is 0 Å².